The molecule has 2 unspecified atom stereocenters. The number of nitrogens with zero attached hydrogens (tertiary/aromatic N) is 1. The predicted octanol–water partition coefficient (Wildman–Crippen LogP) is 2.23. The van der Waals surface area contributed by atoms with Gasteiger partial charge < -0.3 is 0 Å². The molecular weight excluding hydrogens is 250 g/mol. The van der Waals surface area contributed by atoms with Crippen LogP contribution in [0.5, 0.6) is 0 Å². The lowest BCUT2D eigenvalue weighted by atomic mass is 9.98. The predicted molar refractivity (Wildman–Crippen MR) is 80.7 cm³/mol. The Kier molecular flexibility index (Phi) is 5.56. The maximum Gasteiger partial charge on any atom is 0.255 e. The second-order valence-electron chi connectivity index (χ2n) is 5.56. The van der Waals surface area contributed by atoms with E-state index in [0.29, 0.717) is 0 Å². The number of nitrogens with one attached hydrogen (secondary N) is 1. The maximum atomic E-state index is 12.2. The van der Waals surface area contributed by atoms with Gasteiger partial charge in [-0.2, -0.15) is 0 Å². The van der Waals surface area contributed by atoms with Crippen LogP contribution >= 0.6 is 0 Å². The lowest BCUT2D eigenvalue weighted by Crippen LogP contribution is -2.43. The number of carbonyl (C=O) groups excluding carboxylic acids is 1. The molecule has 2 atom stereocenters. The molecule has 1 heterocycles. The van der Waals surface area contributed by atoms with Crippen molar-refractivity contribution in [2.45, 2.75) is 38.6 Å². The summed E-state index contributed by atoms with van der Waals surface area (Å²) in [6.45, 7) is 4.18. The molecule has 4 heteroatoms. The van der Waals surface area contributed by atoms with E-state index >= 15 is 0 Å². The molecule has 0 radical (unpaired) electrons. The van der Waals surface area contributed by atoms with E-state index in [1.807, 2.05) is 30.3 Å². The van der Waals surface area contributed by atoms with Crippen molar-refractivity contribution in [3.05, 3.63) is 35.9 Å². The average Bonchev–Trinajstić information content (AvgIpc) is 2.74. The first-order chi connectivity index (χ1) is 9.76. The third kappa shape index (κ3) is 3.58. The van der Waals surface area contributed by atoms with Crippen LogP contribution in [0.15, 0.2) is 30.3 Å². The van der Waals surface area contributed by atoms with Crippen molar-refractivity contribution < 1.29 is 4.79 Å². The van der Waals surface area contributed by atoms with Crippen LogP contribution in [0.3, 0.4) is 0 Å². The van der Waals surface area contributed by atoms with Gasteiger partial charge in [0.05, 0.1) is 0 Å². The zero-order chi connectivity index (χ0) is 14.4. The third-order valence-electron chi connectivity index (χ3n) is 4.33. The minimum absolute atomic E-state index is 0.119. The third-order valence-corrected chi connectivity index (χ3v) is 4.33. The summed E-state index contributed by atoms with van der Waals surface area (Å²) in [5.41, 5.74) is 3.34. The fourth-order valence-electron chi connectivity index (χ4n) is 3.10. The SMILES string of the molecule is CCC1CCCN(C(C(=O)NN)c2ccccc2)CC1. The fraction of sp³-hybridized carbons (Fsp3) is 0.562. The Morgan fingerprint density at radius 3 is 2.75 bits per heavy atom. The van der Waals surface area contributed by atoms with Crippen molar-refractivity contribution in [3.8, 4) is 0 Å². The van der Waals surface area contributed by atoms with E-state index in [-0.39, 0.29) is 11.9 Å². The molecular formula is C16H25N3O. The summed E-state index contributed by atoms with van der Waals surface area (Å²) in [7, 11) is 0. The molecule has 3 N–H and O–H groups in total. The van der Waals surface area contributed by atoms with Crippen molar-refractivity contribution >= 4 is 5.91 Å². The number of hydrogen-bond acceptors (Lipinski definition) is 3. The highest BCUT2D eigenvalue weighted by atomic mass is 16.2. The molecule has 0 saturated carbocycles. The summed E-state index contributed by atoms with van der Waals surface area (Å²) in [4.78, 5) is 14.5. The number of carbonyl (C=O) groups is 1. The lowest BCUT2D eigenvalue weighted by Gasteiger charge is -2.29. The highest BCUT2D eigenvalue weighted by Gasteiger charge is 2.28. The first-order valence-corrected chi connectivity index (χ1v) is 7.55. The first-order valence-electron chi connectivity index (χ1n) is 7.55. The highest BCUT2D eigenvalue weighted by molar-refractivity contribution is 5.82. The van der Waals surface area contributed by atoms with E-state index in [0.717, 1.165) is 37.4 Å². The van der Waals surface area contributed by atoms with Gasteiger partial charge in [-0.25, -0.2) is 5.84 Å². The minimum Gasteiger partial charge on any atom is -0.293 e. The smallest absolute Gasteiger partial charge is 0.255 e. The van der Waals surface area contributed by atoms with Crippen LogP contribution in [0.25, 0.3) is 0 Å². The number of likely N-dealkylation sites (tertiary alicyclic amines) is 1. The molecule has 110 valence electrons. The number of hydrogen-bond donors (Lipinski definition) is 2. The van der Waals surface area contributed by atoms with Crippen LogP contribution in [0, 0.1) is 5.92 Å². The van der Waals surface area contributed by atoms with Crippen LogP contribution in [-0.2, 0) is 4.79 Å². The molecule has 1 aliphatic heterocycles. The molecule has 20 heavy (non-hydrogen) atoms. The number of rotatable bonds is 4. The van der Waals surface area contributed by atoms with Gasteiger partial charge >= 0.3 is 0 Å². The van der Waals surface area contributed by atoms with Crippen molar-refractivity contribution in [1.29, 1.82) is 0 Å². The van der Waals surface area contributed by atoms with Crippen LogP contribution in [0.4, 0.5) is 0 Å². The molecule has 0 aromatic heterocycles. The standard InChI is InChI=1S/C16H25N3O/c1-2-13-7-6-11-19(12-10-13)15(16(20)18-17)14-8-4-3-5-9-14/h3-5,8-9,13,15H,2,6-7,10-12,17H2,1H3,(H,18,20). The number of hydrazine groups is 1. The van der Waals surface area contributed by atoms with Gasteiger partial charge in [0.1, 0.15) is 6.04 Å². The number of benzene rings is 1. The van der Waals surface area contributed by atoms with Gasteiger partial charge in [0.15, 0.2) is 0 Å². The summed E-state index contributed by atoms with van der Waals surface area (Å²) >= 11 is 0. The monoisotopic (exact) mass is 275 g/mol. The Labute approximate surface area is 121 Å². The zero-order valence-corrected chi connectivity index (χ0v) is 12.2. The highest BCUT2D eigenvalue weighted by Crippen LogP contribution is 2.27. The van der Waals surface area contributed by atoms with Gasteiger partial charge in [0.2, 0.25) is 0 Å². The van der Waals surface area contributed by atoms with Crippen molar-refractivity contribution in [1.82, 2.24) is 10.3 Å². The summed E-state index contributed by atoms with van der Waals surface area (Å²) in [6.07, 6.45) is 4.81. The molecule has 1 aliphatic rings. The molecule has 1 aromatic rings. The van der Waals surface area contributed by atoms with Crippen LogP contribution in [-0.4, -0.2) is 23.9 Å². The molecule has 0 aliphatic carbocycles. The van der Waals surface area contributed by atoms with E-state index in [1.54, 1.807) is 0 Å². The summed E-state index contributed by atoms with van der Waals surface area (Å²) in [6, 6.07) is 9.65. The molecule has 1 aromatic carbocycles. The summed E-state index contributed by atoms with van der Waals surface area (Å²) in [5, 5.41) is 0. The van der Waals surface area contributed by atoms with Crippen molar-refractivity contribution in [2.75, 3.05) is 13.1 Å². The van der Waals surface area contributed by atoms with E-state index in [1.165, 1.54) is 12.8 Å². The lowest BCUT2D eigenvalue weighted by molar-refractivity contribution is -0.126. The van der Waals surface area contributed by atoms with E-state index in [4.69, 9.17) is 5.84 Å². The Balaban J connectivity index is 2.17. The van der Waals surface area contributed by atoms with Crippen molar-refractivity contribution in [3.63, 3.8) is 0 Å². The zero-order valence-electron chi connectivity index (χ0n) is 12.2. The normalized spacial score (nSPS) is 22.0. The largest absolute Gasteiger partial charge is 0.293 e. The van der Waals surface area contributed by atoms with E-state index in [2.05, 4.69) is 17.2 Å². The van der Waals surface area contributed by atoms with E-state index < -0.39 is 0 Å². The molecule has 2 rings (SSSR count). The molecule has 4 nitrogen and oxygen atoms in total. The Morgan fingerprint density at radius 2 is 2.10 bits per heavy atom. The topological polar surface area (TPSA) is 58.4 Å². The quantitative estimate of drug-likeness (QED) is 0.503. The van der Waals surface area contributed by atoms with Gasteiger partial charge in [0, 0.05) is 0 Å². The van der Waals surface area contributed by atoms with Gasteiger partial charge in [-0.15, -0.1) is 0 Å². The molecule has 1 saturated heterocycles. The molecule has 1 fully saturated rings. The molecule has 1 amide bonds. The Morgan fingerprint density at radius 1 is 1.35 bits per heavy atom. The Bertz CT molecular complexity index is 421. The maximum absolute atomic E-state index is 12.2. The van der Waals surface area contributed by atoms with Gasteiger partial charge in [-0.3, -0.25) is 15.1 Å². The van der Waals surface area contributed by atoms with Crippen LogP contribution in [0.1, 0.15) is 44.2 Å². The minimum atomic E-state index is -0.267. The Hall–Kier alpha value is -1.39. The second kappa shape index (κ2) is 7.41. The van der Waals surface area contributed by atoms with E-state index in [9.17, 15) is 4.79 Å². The summed E-state index contributed by atoms with van der Waals surface area (Å²) in [5.74, 6) is 6.05. The van der Waals surface area contributed by atoms with Crippen molar-refractivity contribution in [2.24, 2.45) is 11.8 Å². The number of nitrogens with two attached hydrogens (primary N) is 1. The van der Waals surface area contributed by atoms with Gasteiger partial charge in [-0.1, -0.05) is 43.7 Å². The van der Waals surface area contributed by atoms with Crippen LogP contribution < -0.4 is 11.3 Å². The summed E-state index contributed by atoms with van der Waals surface area (Å²) < 4.78 is 0. The molecule has 0 bridgehead atoms. The van der Waals surface area contributed by atoms with Gasteiger partial charge in [-0.05, 0) is 43.8 Å². The first kappa shape index (κ1) is 15.0. The average molecular weight is 275 g/mol. The molecule has 0 spiro atoms. The fourth-order valence-corrected chi connectivity index (χ4v) is 3.10. The van der Waals surface area contributed by atoms with Crippen LogP contribution in [0.2, 0.25) is 0 Å². The number of amides is 1. The van der Waals surface area contributed by atoms with Gasteiger partial charge in [0.25, 0.3) is 5.91 Å². The second-order valence-corrected chi connectivity index (χ2v) is 5.56.